The van der Waals surface area contributed by atoms with E-state index in [9.17, 15) is 18.0 Å². The smallest absolute Gasteiger partial charge is 0.315 e. The van der Waals surface area contributed by atoms with E-state index in [0.717, 1.165) is 24.8 Å². The van der Waals surface area contributed by atoms with E-state index in [4.69, 9.17) is 0 Å². The van der Waals surface area contributed by atoms with Crippen molar-refractivity contribution in [2.75, 3.05) is 5.32 Å². The van der Waals surface area contributed by atoms with Crippen LogP contribution in [0.3, 0.4) is 0 Å². The third-order valence-electron chi connectivity index (χ3n) is 5.89. The van der Waals surface area contributed by atoms with E-state index in [1.165, 1.54) is 12.1 Å². The van der Waals surface area contributed by atoms with Crippen LogP contribution in [0.5, 0.6) is 0 Å². The Morgan fingerprint density at radius 1 is 0.971 bits per heavy atom. The Balaban J connectivity index is 1.61. The minimum atomic E-state index is -3.59. The summed E-state index contributed by atoms with van der Waals surface area (Å²) in [4.78, 5) is 24.5. The Bertz CT molecular complexity index is 1090. The average molecular weight is 487 g/mol. The van der Waals surface area contributed by atoms with E-state index < -0.39 is 10.0 Å². The molecule has 0 unspecified atom stereocenters. The van der Waals surface area contributed by atoms with Gasteiger partial charge in [0.15, 0.2) is 0 Å². The highest BCUT2D eigenvalue weighted by Gasteiger charge is 2.35. The van der Waals surface area contributed by atoms with E-state index >= 15 is 0 Å². The number of piperidine rings is 1. The third-order valence-corrected chi connectivity index (χ3v) is 8.03. The highest BCUT2D eigenvalue weighted by Crippen LogP contribution is 2.30. The van der Waals surface area contributed by atoms with Crippen LogP contribution < -0.4 is 16.0 Å². The SMILES string of the molecule is CC(C)NC(=O)NCc1ccc(C(=O)Nc2ccc(S(=O)(=O)N3[C@@H](C)CCC[C@@H]3C)cc2)cc1. The molecule has 0 radical (unpaired) electrons. The van der Waals surface area contributed by atoms with Crippen LogP contribution in [-0.4, -0.2) is 42.8 Å². The van der Waals surface area contributed by atoms with Gasteiger partial charge in [-0.15, -0.1) is 0 Å². The first-order valence-corrected chi connectivity index (χ1v) is 13.1. The van der Waals surface area contributed by atoms with Crippen LogP contribution in [0.15, 0.2) is 53.4 Å². The molecule has 1 fully saturated rings. The molecule has 1 aliphatic rings. The van der Waals surface area contributed by atoms with Crippen molar-refractivity contribution in [3.63, 3.8) is 0 Å². The maximum absolute atomic E-state index is 13.2. The molecule has 8 nitrogen and oxygen atoms in total. The van der Waals surface area contributed by atoms with Crippen LogP contribution in [0.25, 0.3) is 0 Å². The van der Waals surface area contributed by atoms with Crippen LogP contribution in [0.1, 0.15) is 62.9 Å². The maximum atomic E-state index is 13.2. The molecule has 184 valence electrons. The third kappa shape index (κ3) is 6.36. The summed E-state index contributed by atoms with van der Waals surface area (Å²) in [6.07, 6.45) is 2.75. The Morgan fingerprint density at radius 2 is 1.56 bits per heavy atom. The number of benzene rings is 2. The lowest BCUT2D eigenvalue weighted by Gasteiger charge is -2.37. The minimum absolute atomic E-state index is 0.0316. The Hall–Kier alpha value is -2.91. The number of sulfonamides is 1. The molecule has 9 heteroatoms. The van der Waals surface area contributed by atoms with Gasteiger partial charge in [-0.2, -0.15) is 4.31 Å². The maximum Gasteiger partial charge on any atom is 0.315 e. The van der Waals surface area contributed by atoms with Crippen LogP contribution in [0.2, 0.25) is 0 Å². The van der Waals surface area contributed by atoms with E-state index in [-0.39, 0.29) is 35.0 Å². The lowest BCUT2D eigenvalue weighted by Crippen LogP contribution is -2.47. The number of urea groups is 1. The summed E-state index contributed by atoms with van der Waals surface area (Å²) in [5.74, 6) is -0.300. The predicted molar refractivity (Wildman–Crippen MR) is 133 cm³/mol. The summed E-state index contributed by atoms with van der Waals surface area (Å²) in [7, 11) is -3.59. The summed E-state index contributed by atoms with van der Waals surface area (Å²) >= 11 is 0. The summed E-state index contributed by atoms with van der Waals surface area (Å²) in [5, 5.41) is 8.31. The van der Waals surface area contributed by atoms with Crippen molar-refractivity contribution >= 4 is 27.6 Å². The largest absolute Gasteiger partial charge is 0.336 e. The molecule has 0 bridgehead atoms. The lowest BCUT2D eigenvalue weighted by molar-refractivity contribution is 0.102. The molecule has 34 heavy (non-hydrogen) atoms. The quantitative estimate of drug-likeness (QED) is 0.548. The van der Waals surface area contributed by atoms with Gasteiger partial charge in [-0.3, -0.25) is 4.79 Å². The van der Waals surface area contributed by atoms with Gasteiger partial charge in [-0.05, 0) is 82.5 Å². The fraction of sp³-hybridized carbons (Fsp3) is 0.440. The molecule has 2 aromatic rings. The Kier molecular flexibility index (Phi) is 8.33. The topological polar surface area (TPSA) is 108 Å². The molecule has 3 rings (SSSR count). The number of nitrogens with one attached hydrogen (secondary N) is 3. The second-order valence-corrected chi connectivity index (χ2v) is 11.0. The highest BCUT2D eigenvalue weighted by molar-refractivity contribution is 7.89. The molecular weight excluding hydrogens is 452 g/mol. The molecule has 3 amide bonds. The highest BCUT2D eigenvalue weighted by atomic mass is 32.2. The summed E-state index contributed by atoms with van der Waals surface area (Å²) in [6, 6.07) is 13.0. The first-order chi connectivity index (χ1) is 16.1. The fourth-order valence-electron chi connectivity index (χ4n) is 4.18. The van der Waals surface area contributed by atoms with Gasteiger partial charge in [0.2, 0.25) is 10.0 Å². The first-order valence-electron chi connectivity index (χ1n) is 11.7. The number of rotatable bonds is 7. The first kappa shape index (κ1) is 25.7. The van der Waals surface area contributed by atoms with Crippen molar-refractivity contribution in [1.29, 1.82) is 0 Å². The van der Waals surface area contributed by atoms with Gasteiger partial charge >= 0.3 is 6.03 Å². The van der Waals surface area contributed by atoms with Gasteiger partial charge in [-0.1, -0.05) is 18.6 Å². The molecule has 0 spiro atoms. The fourth-order valence-corrected chi connectivity index (χ4v) is 6.06. The van der Waals surface area contributed by atoms with Gasteiger partial charge in [-0.25, -0.2) is 13.2 Å². The van der Waals surface area contributed by atoms with Crippen molar-refractivity contribution in [1.82, 2.24) is 14.9 Å². The van der Waals surface area contributed by atoms with E-state index in [1.54, 1.807) is 40.7 Å². The zero-order chi connectivity index (χ0) is 24.9. The Morgan fingerprint density at radius 3 is 2.12 bits per heavy atom. The number of carbonyl (C=O) groups is 2. The van der Waals surface area contributed by atoms with Gasteiger partial charge in [0.05, 0.1) is 4.90 Å². The molecule has 0 aliphatic carbocycles. The average Bonchev–Trinajstić information content (AvgIpc) is 2.77. The zero-order valence-electron chi connectivity index (χ0n) is 20.2. The molecule has 1 heterocycles. The molecule has 3 N–H and O–H groups in total. The van der Waals surface area contributed by atoms with Crippen LogP contribution in [0.4, 0.5) is 10.5 Å². The zero-order valence-corrected chi connectivity index (χ0v) is 21.0. The molecular formula is C25H34N4O4S. The number of carbonyl (C=O) groups excluding carboxylic acids is 2. The van der Waals surface area contributed by atoms with Gasteiger partial charge in [0.25, 0.3) is 5.91 Å². The molecule has 0 aromatic heterocycles. The molecule has 2 aromatic carbocycles. The molecule has 2 atom stereocenters. The number of amides is 3. The number of anilines is 1. The number of hydrogen-bond acceptors (Lipinski definition) is 4. The van der Waals surface area contributed by atoms with E-state index in [1.807, 2.05) is 27.7 Å². The van der Waals surface area contributed by atoms with Crippen LogP contribution >= 0.6 is 0 Å². The van der Waals surface area contributed by atoms with Gasteiger partial charge in [0.1, 0.15) is 0 Å². The number of hydrogen-bond donors (Lipinski definition) is 3. The van der Waals surface area contributed by atoms with Gasteiger partial charge in [0, 0.05) is 35.9 Å². The van der Waals surface area contributed by atoms with Crippen molar-refractivity contribution in [3.05, 3.63) is 59.7 Å². The van der Waals surface area contributed by atoms with E-state index in [2.05, 4.69) is 16.0 Å². The minimum Gasteiger partial charge on any atom is -0.336 e. The standard InChI is InChI=1S/C25H34N4O4S/c1-17(2)27-25(31)26-16-20-8-10-21(11-9-20)24(30)28-22-12-14-23(15-13-22)34(32,33)29-18(3)6-5-7-19(29)4/h8-15,17-19H,5-7,16H2,1-4H3,(H,28,30)(H2,26,27,31)/t18-,19-/m0/s1. The predicted octanol–water partition coefficient (Wildman–Crippen LogP) is 4.10. The number of nitrogens with zero attached hydrogens (tertiary/aromatic N) is 1. The van der Waals surface area contributed by atoms with Crippen molar-refractivity contribution in [2.24, 2.45) is 0 Å². The molecule has 1 saturated heterocycles. The molecule has 0 saturated carbocycles. The van der Waals surface area contributed by atoms with Crippen molar-refractivity contribution in [2.45, 2.75) is 76.5 Å². The second-order valence-electron chi connectivity index (χ2n) is 9.12. The monoisotopic (exact) mass is 486 g/mol. The lowest BCUT2D eigenvalue weighted by atomic mass is 10.0. The summed E-state index contributed by atoms with van der Waals surface area (Å²) in [5.41, 5.74) is 1.84. The Labute approximate surface area is 202 Å². The van der Waals surface area contributed by atoms with Crippen LogP contribution in [-0.2, 0) is 16.6 Å². The van der Waals surface area contributed by atoms with Crippen LogP contribution in [0, 0.1) is 0 Å². The summed E-state index contributed by atoms with van der Waals surface area (Å²) < 4.78 is 27.9. The molecule has 1 aliphatic heterocycles. The van der Waals surface area contributed by atoms with Crippen molar-refractivity contribution < 1.29 is 18.0 Å². The van der Waals surface area contributed by atoms with Gasteiger partial charge < -0.3 is 16.0 Å². The second kappa shape index (κ2) is 11.0. The normalized spacial score (nSPS) is 19.0. The summed E-state index contributed by atoms with van der Waals surface area (Å²) in [6.45, 7) is 8.02. The van der Waals surface area contributed by atoms with Crippen molar-refractivity contribution in [3.8, 4) is 0 Å². The van der Waals surface area contributed by atoms with E-state index in [0.29, 0.717) is 17.8 Å².